The van der Waals surface area contributed by atoms with Crippen molar-refractivity contribution in [2.45, 2.75) is 12.9 Å². The Hall–Kier alpha value is -3.11. The Morgan fingerprint density at radius 2 is 2.03 bits per heavy atom. The Kier molecular flexibility index (Phi) is 5.76. The van der Waals surface area contributed by atoms with E-state index in [1.807, 2.05) is 5.43 Å². The fourth-order valence-corrected chi connectivity index (χ4v) is 2.79. The lowest BCUT2D eigenvalue weighted by Crippen LogP contribution is -2.27. The first-order valence-corrected chi connectivity index (χ1v) is 8.43. The average Bonchev–Trinajstić information content (AvgIpc) is 2.97. The van der Waals surface area contributed by atoms with Crippen molar-refractivity contribution in [3.8, 4) is 5.75 Å². The van der Waals surface area contributed by atoms with Crippen molar-refractivity contribution < 1.29 is 27.1 Å². The third kappa shape index (κ3) is 5.04. The van der Waals surface area contributed by atoms with Crippen LogP contribution in [0.25, 0.3) is 17.0 Å². The Labute approximate surface area is 166 Å². The molecule has 0 bridgehead atoms. The number of hydrogen-bond donors (Lipinski definition) is 2. The number of nitrogens with one attached hydrogen (secondary N) is 1. The Morgan fingerprint density at radius 1 is 1.28 bits per heavy atom. The van der Waals surface area contributed by atoms with Gasteiger partial charge in [-0.2, -0.15) is 5.10 Å². The van der Waals surface area contributed by atoms with Crippen LogP contribution in [0.3, 0.4) is 0 Å². The number of carbonyl (C=O) groups excluding carboxylic acids is 1. The summed E-state index contributed by atoms with van der Waals surface area (Å²) in [4.78, 5) is 11.3. The van der Waals surface area contributed by atoms with E-state index in [2.05, 4.69) is 9.84 Å². The minimum Gasteiger partial charge on any atom is -0.406 e. The molecular weight excluding hydrogens is 416 g/mol. The molecule has 0 radical (unpaired) electrons. The van der Waals surface area contributed by atoms with Crippen molar-refractivity contribution in [2.75, 3.05) is 0 Å². The quantitative estimate of drug-likeness (QED) is 0.213. The van der Waals surface area contributed by atoms with Gasteiger partial charge in [-0.05, 0) is 30.3 Å². The van der Waals surface area contributed by atoms with E-state index in [4.69, 9.17) is 17.4 Å². The number of carbonyl (C=O) groups is 1. The van der Waals surface area contributed by atoms with Gasteiger partial charge in [-0.25, -0.2) is 10.2 Å². The molecule has 0 aliphatic rings. The SMILES string of the molecule is NNC(=O)C=Cc1nn(Cc2ccc(Cl)cc2F)c2cc(OC(F)(F)F)ccc12. The van der Waals surface area contributed by atoms with Gasteiger partial charge in [0.15, 0.2) is 0 Å². The van der Waals surface area contributed by atoms with Crippen LogP contribution >= 0.6 is 11.6 Å². The molecule has 0 saturated carbocycles. The summed E-state index contributed by atoms with van der Waals surface area (Å²) in [5.74, 6) is 3.35. The van der Waals surface area contributed by atoms with Gasteiger partial charge in [0.25, 0.3) is 5.91 Å². The van der Waals surface area contributed by atoms with Gasteiger partial charge in [-0.3, -0.25) is 14.9 Å². The number of hydrazine groups is 1. The maximum absolute atomic E-state index is 14.2. The standard InChI is InChI=1S/C18H13ClF4N4O2/c19-11-2-1-10(14(20)7-11)9-27-16-8-12(29-18(21,22)23)3-4-13(16)15(26-27)5-6-17(28)25-24/h1-8H,9,24H2,(H,25,28). The summed E-state index contributed by atoms with van der Waals surface area (Å²) in [6.07, 6.45) is -2.43. The maximum Gasteiger partial charge on any atom is 0.573 e. The van der Waals surface area contributed by atoms with Crippen molar-refractivity contribution in [1.82, 2.24) is 15.2 Å². The van der Waals surface area contributed by atoms with Gasteiger partial charge in [0.2, 0.25) is 0 Å². The Bertz CT molecular complexity index is 1100. The highest BCUT2D eigenvalue weighted by Gasteiger charge is 2.31. The van der Waals surface area contributed by atoms with E-state index in [1.165, 1.54) is 29.0 Å². The molecule has 11 heteroatoms. The second-order valence-corrected chi connectivity index (χ2v) is 6.28. The van der Waals surface area contributed by atoms with E-state index in [0.29, 0.717) is 5.39 Å². The Balaban J connectivity index is 2.08. The lowest BCUT2D eigenvalue weighted by atomic mass is 10.1. The molecule has 6 nitrogen and oxygen atoms in total. The topological polar surface area (TPSA) is 82.2 Å². The van der Waals surface area contributed by atoms with Crippen molar-refractivity contribution in [3.63, 3.8) is 0 Å². The van der Waals surface area contributed by atoms with Crippen molar-refractivity contribution in [3.05, 3.63) is 64.6 Å². The first kappa shape index (κ1) is 20.6. The third-order valence-corrected chi connectivity index (χ3v) is 4.09. The number of hydrogen-bond acceptors (Lipinski definition) is 4. The number of halogens is 5. The lowest BCUT2D eigenvalue weighted by Gasteiger charge is -2.10. The van der Waals surface area contributed by atoms with Crippen LogP contribution in [0.1, 0.15) is 11.3 Å². The molecule has 1 heterocycles. The molecule has 1 aromatic heterocycles. The minimum absolute atomic E-state index is 0.0914. The number of nitrogens with two attached hydrogens (primary N) is 1. The van der Waals surface area contributed by atoms with E-state index in [9.17, 15) is 22.4 Å². The number of rotatable bonds is 5. The molecule has 29 heavy (non-hydrogen) atoms. The molecule has 0 fully saturated rings. The van der Waals surface area contributed by atoms with Gasteiger partial charge in [0, 0.05) is 28.1 Å². The molecule has 0 unspecified atom stereocenters. The third-order valence-electron chi connectivity index (χ3n) is 3.86. The maximum atomic E-state index is 14.2. The lowest BCUT2D eigenvalue weighted by molar-refractivity contribution is -0.274. The fourth-order valence-electron chi connectivity index (χ4n) is 2.63. The number of amides is 1. The smallest absolute Gasteiger partial charge is 0.406 e. The van der Waals surface area contributed by atoms with Gasteiger partial charge in [-0.15, -0.1) is 13.2 Å². The predicted molar refractivity (Wildman–Crippen MR) is 98.3 cm³/mol. The molecule has 0 atom stereocenters. The van der Waals surface area contributed by atoms with Crippen LogP contribution in [0.15, 0.2) is 42.5 Å². The zero-order valence-electron chi connectivity index (χ0n) is 14.5. The zero-order valence-corrected chi connectivity index (χ0v) is 15.3. The van der Waals surface area contributed by atoms with Crippen molar-refractivity contribution in [1.29, 1.82) is 0 Å². The number of alkyl halides is 3. The van der Waals surface area contributed by atoms with Crippen molar-refractivity contribution >= 4 is 34.5 Å². The van der Waals surface area contributed by atoms with Gasteiger partial charge in [0.1, 0.15) is 11.6 Å². The van der Waals surface area contributed by atoms with Crippen LogP contribution in [0.2, 0.25) is 5.02 Å². The largest absolute Gasteiger partial charge is 0.573 e. The van der Waals surface area contributed by atoms with Gasteiger partial charge < -0.3 is 4.74 Å². The van der Waals surface area contributed by atoms with Gasteiger partial charge in [0.05, 0.1) is 17.8 Å². The molecule has 152 valence electrons. The predicted octanol–water partition coefficient (Wildman–Crippen LogP) is 3.78. The molecule has 0 aliphatic heterocycles. The summed E-state index contributed by atoms with van der Waals surface area (Å²) in [7, 11) is 0. The number of aromatic nitrogens is 2. The molecular formula is C18H13ClF4N4O2. The number of fused-ring (bicyclic) bond motifs is 1. The van der Waals surface area contributed by atoms with Crippen LogP contribution in [-0.4, -0.2) is 22.1 Å². The van der Waals surface area contributed by atoms with Crippen LogP contribution in [0.4, 0.5) is 17.6 Å². The van der Waals surface area contributed by atoms with E-state index in [-0.39, 0.29) is 28.3 Å². The highest BCUT2D eigenvalue weighted by atomic mass is 35.5. The second kappa shape index (κ2) is 8.10. The molecule has 1 amide bonds. The monoisotopic (exact) mass is 428 g/mol. The molecule has 3 aromatic rings. The van der Waals surface area contributed by atoms with Crippen LogP contribution in [0.5, 0.6) is 5.75 Å². The van der Waals surface area contributed by atoms with E-state index in [1.54, 1.807) is 0 Å². The van der Waals surface area contributed by atoms with E-state index >= 15 is 0 Å². The highest BCUT2D eigenvalue weighted by Crippen LogP contribution is 2.29. The fraction of sp³-hybridized carbons (Fsp3) is 0.111. The Morgan fingerprint density at radius 3 is 2.69 bits per heavy atom. The summed E-state index contributed by atoms with van der Waals surface area (Å²) >= 11 is 5.74. The summed E-state index contributed by atoms with van der Waals surface area (Å²) in [5.41, 5.74) is 2.65. The number of benzene rings is 2. The molecule has 0 saturated heterocycles. The van der Waals surface area contributed by atoms with E-state index in [0.717, 1.165) is 24.3 Å². The molecule has 0 spiro atoms. The molecule has 2 aromatic carbocycles. The molecule has 3 rings (SSSR count). The highest BCUT2D eigenvalue weighted by molar-refractivity contribution is 6.30. The van der Waals surface area contributed by atoms with Crippen molar-refractivity contribution in [2.24, 2.45) is 5.84 Å². The summed E-state index contributed by atoms with van der Waals surface area (Å²) in [6.45, 7) is -0.0914. The zero-order chi connectivity index (χ0) is 21.2. The normalized spacial score (nSPS) is 11.9. The van der Waals surface area contributed by atoms with E-state index < -0.39 is 23.8 Å². The first-order valence-electron chi connectivity index (χ1n) is 8.05. The minimum atomic E-state index is -4.87. The van der Waals surface area contributed by atoms with Crippen LogP contribution in [-0.2, 0) is 11.3 Å². The van der Waals surface area contributed by atoms with Crippen LogP contribution < -0.4 is 16.0 Å². The summed E-state index contributed by atoms with van der Waals surface area (Å²) in [6, 6.07) is 7.65. The van der Waals surface area contributed by atoms with Crippen LogP contribution in [0, 0.1) is 5.82 Å². The molecule has 0 aliphatic carbocycles. The molecule has 3 N–H and O–H groups in total. The van der Waals surface area contributed by atoms with Gasteiger partial charge >= 0.3 is 6.36 Å². The first-order chi connectivity index (χ1) is 13.7. The number of ether oxygens (including phenoxy) is 1. The summed E-state index contributed by atoms with van der Waals surface area (Å²) < 4.78 is 57.1. The summed E-state index contributed by atoms with van der Waals surface area (Å²) in [5, 5.41) is 4.89. The number of nitrogens with zero attached hydrogens (tertiary/aromatic N) is 2. The second-order valence-electron chi connectivity index (χ2n) is 5.85. The van der Waals surface area contributed by atoms with Gasteiger partial charge in [-0.1, -0.05) is 17.7 Å². The average molecular weight is 429 g/mol.